The highest BCUT2D eigenvalue weighted by Gasteiger charge is 2.87. The second-order valence-corrected chi connectivity index (χ2v) is 4.07. The molecule has 1 unspecified atom stereocenters. The highest BCUT2D eigenvalue weighted by Crippen LogP contribution is 2.58. The SMILES string of the molecule is FC(F)=C1OC(F)(F)C(F)(C(F)(F)OC(F)(C(F)(F)F)C(F)(F)F)O1. The Labute approximate surface area is 125 Å². The highest BCUT2D eigenvalue weighted by atomic mass is 19.4. The number of ether oxygens (including phenoxy) is 3. The van der Waals surface area contributed by atoms with Crippen molar-refractivity contribution in [2.75, 3.05) is 0 Å². The lowest BCUT2D eigenvalue weighted by Crippen LogP contribution is -2.65. The molecular formula is C8F14O3. The van der Waals surface area contributed by atoms with E-state index < -0.39 is 48.3 Å². The van der Waals surface area contributed by atoms with Gasteiger partial charge in [0.05, 0.1) is 0 Å². The van der Waals surface area contributed by atoms with Gasteiger partial charge < -0.3 is 9.47 Å². The largest absolute Gasteiger partial charge is 0.483 e. The van der Waals surface area contributed by atoms with Crippen molar-refractivity contribution in [1.29, 1.82) is 0 Å². The lowest BCUT2D eigenvalue weighted by atomic mass is 10.2. The first-order chi connectivity index (χ1) is 10.7. The zero-order chi connectivity index (χ0) is 20.3. The van der Waals surface area contributed by atoms with Gasteiger partial charge in [-0.3, -0.25) is 4.74 Å². The number of halogens is 14. The summed E-state index contributed by atoms with van der Waals surface area (Å²) in [7, 11) is 0. The molecule has 1 fully saturated rings. The summed E-state index contributed by atoms with van der Waals surface area (Å²) in [6.07, 6.45) is -31.7. The molecule has 0 saturated carbocycles. The van der Waals surface area contributed by atoms with Crippen molar-refractivity contribution < 1.29 is 75.7 Å². The molecule has 1 saturated heterocycles. The van der Waals surface area contributed by atoms with E-state index in [4.69, 9.17) is 0 Å². The fraction of sp³-hybridized carbons (Fsp3) is 0.750. The van der Waals surface area contributed by atoms with E-state index in [1.807, 2.05) is 0 Å². The monoisotopic (exact) mass is 410 g/mol. The molecule has 1 heterocycles. The van der Waals surface area contributed by atoms with Gasteiger partial charge in [0, 0.05) is 0 Å². The summed E-state index contributed by atoms with van der Waals surface area (Å²) < 4.78 is 182. The van der Waals surface area contributed by atoms with Crippen molar-refractivity contribution in [2.45, 2.75) is 36.3 Å². The minimum atomic E-state index is -7.37. The molecule has 1 rings (SSSR count). The molecule has 1 aliphatic heterocycles. The second-order valence-electron chi connectivity index (χ2n) is 4.07. The Morgan fingerprint density at radius 1 is 0.760 bits per heavy atom. The summed E-state index contributed by atoms with van der Waals surface area (Å²) >= 11 is 0. The Balaban J connectivity index is 3.43. The van der Waals surface area contributed by atoms with Crippen molar-refractivity contribution in [2.24, 2.45) is 0 Å². The second kappa shape index (κ2) is 5.41. The molecular weight excluding hydrogens is 410 g/mol. The van der Waals surface area contributed by atoms with E-state index in [-0.39, 0.29) is 0 Å². The van der Waals surface area contributed by atoms with Gasteiger partial charge in [-0.25, -0.2) is 0 Å². The Hall–Kier alpha value is -1.68. The topological polar surface area (TPSA) is 27.7 Å². The molecule has 148 valence electrons. The molecule has 0 aromatic heterocycles. The van der Waals surface area contributed by atoms with Crippen molar-refractivity contribution >= 4 is 0 Å². The number of alkyl halides is 12. The zero-order valence-electron chi connectivity index (χ0n) is 10.5. The summed E-state index contributed by atoms with van der Waals surface area (Å²) in [5, 5.41) is 0. The fourth-order valence-electron chi connectivity index (χ4n) is 1.21. The van der Waals surface area contributed by atoms with Crippen molar-refractivity contribution in [3.8, 4) is 0 Å². The van der Waals surface area contributed by atoms with Crippen LogP contribution in [0.15, 0.2) is 12.0 Å². The number of hydrogen-bond acceptors (Lipinski definition) is 3. The first kappa shape index (κ1) is 21.4. The molecule has 0 N–H and O–H groups in total. The Kier molecular flexibility index (Phi) is 4.62. The first-order valence-corrected chi connectivity index (χ1v) is 5.12. The molecule has 1 aliphatic rings. The lowest BCUT2D eigenvalue weighted by molar-refractivity contribution is -0.522. The van der Waals surface area contributed by atoms with Crippen LogP contribution in [0.1, 0.15) is 0 Å². The molecule has 0 aliphatic carbocycles. The van der Waals surface area contributed by atoms with E-state index in [2.05, 4.69) is 9.47 Å². The average Bonchev–Trinajstić information content (AvgIpc) is 2.58. The van der Waals surface area contributed by atoms with Crippen molar-refractivity contribution in [1.82, 2.24) is 0 Å². The molecule has 3 nitrogen and oxygen atoms in total. The van der Waals surface area contributed by atoms with Crippen molar-refractivity contribution in [3.63, 3.8) is 0 Å². The van der Waals surface area contributed by atoms with Gasteiger partial charge in [-0.1, -0.05) is 0 Å². The van der Waals surface area contributed by atoms with Crippen LogP contribution in [0.3, 0.4) is 0 Å². The molecule has 0 bridgehead atoms. The van der Waals surface area contributed by atoms with Crippen LogP contribution in [0, 0.1) is 0 Å². The summed E-state index contributed by atoms with van der Waals surface area (Å²) in [4.78, 5) is 0. The maximum absolute atomic E-state index is 13.5. The molecule has 17 heteroatoms. The molecule has 0 amide bonds. The van der Waals surface area contributed by atoms with Gasteiger partial charge in [0.2, 0.25) is 0 Å². The van der Waals surface area contributed by atoms with Gasteiger partial charge in [-0.15, -0.1) is 0 Å². The third kappa shape index (κ3) is 3.12. The van der Waals surface area contributed by atoms with Gasteiger partial charge in [-0.2, -0.15) is 61.5 Å². The van der Waals surface area contributed by atoms with Crippen LogP contribution in [-0.2, 0) is 14.2 Å². The quantitative estimate of drug-likeness (QED) is 0.629. The standard InChI is InChI=1S/C8F14O3/c9-1(10)2-23-4(12,7(19,20)24-2)8(21,22)25-3(11,5(13,14)15)6(16,17)18. The minimum absolute atomic E-state index is 1.63. The predicted molar refractivity (Wildman–Crippen MR) is 42.2 cm³/mol. The molecule has 0 spiro atoms. The van der Waals surface area contributed by atoms with Crippen LogP contribution in [0.4, 0.5) is 61.5 Å². The van der Waals surface area contributed by atoms with E-state index >= 15 is 0 Å². The van der Waals surface area contributed by atoms with Crippen molar-refractivity contribution in [3.05, 3.63) is 12.0 Å². The van der Waals surface area contributed by atoms with Crippen LogP contribution in [0.25, 0.3) is 0 Å². The average molecular weight is 410 g/mol. The Morgan fingerprint density at radius 2 is 1.16 bits per heavy atom. The van der Waals surface area contributed by atoms with Gasteiger partial charge in [0.25, 0.3) is 0 Å². The maximum atomic E-state index is 13.5. The van der Waals surface area contributed by atoms with E-state index in [1.54, 1.807) is 4.74 Å². The van der Waals surface area contributed by atoms with E-state index in [9.17, 15) is 61.5 Å². The van der Waals surface area contributed by atoms with Crippen LogP contribution in [-0.4, -0.2) is 36.3 Å². The molecule has 25 heavy (non-hydrogen) atoms. The summed E-state index contributed by atoms with van der Waals surface area (Å²) in [5.41, 5.74) is 0. The third-order valence-corrected chi connectivity index (χ3v) is 2.36. The van der Waals surface area contributed by atoms with Crippen LogP contribution < -0.4 is 0 Å². The van der Waals surface area contributed by atoms with E-state index in [0.29, 0.717) is 0 Å². The van der Waals surface area contributed by atoms with Gasteiger partial charge >= 0.3 is 48.3 Å². The lowest BCUT2D eigenvalue weighted by Gasteiger charge is -2.36. The maximum Gasteiger partial charge on any atom is 0.483 e. The van der Waals surface area contributed by atoms with Gasteiger partial charge in [0.1, 0.15) is 0 Å². The minimum Gasteiger partial charge on any atom is -0.408 e. The third-order valence-electron chi connectivity index (χ3n) is 2.36. The summed E-state index contributed by atoms with van der Waals surface area (Å²) in [5.74, 6) is -16.9. The summed E-state index contributed by atoms with van der Waals surface area (Å²) in [6.45, 7) is 0. The number of rotatable bonds is 3. The highest BCUT2D eigenvalue weighted by molar-refractivity contribution is 5.03. The van der Waals surface area contributed by atoms with E-state index in [1.165, 1.54) is 0 Å². The normalized spacial score (nSPS) is 24.8. The zero-order valence-corrected chi connectivity index (χ0v) is 10.5. The molecule has 0 aromatic carbocycles. The van der Waals surface area contributed by atoms with Crippen LogP contribution >= 0.6 is 0 Å². The Morgan fingerprint density at radius 3 is 1.44 bits per heavy atom. The van der Waals surface area contributed by atoms with Crippen LogP contribution in [0.5, 0.6) is 0 Å². The van der Waals surface area contributed by atoms with E-state index in [0.717, 1.165) is 0 Å². The molecule has 0 aromatic rings. The smallest absolute Gasteiger partial charge is 0.408 e. The predicted octanol–water partition coefficient (Wildman–Crippen LogP) is 4.76. The summed E-state index contributed by atoms with van der Waals surface area (Å²) in [6, 6.07) is 0. The fourth-order valence-corrected chi connectivity index (χ4v) is 1.21. The molecule has 1 atom stereocenters. The van der Waals surface area contributed by atoms with Gasteiger partial charge in [-0.05, 0) is 0 Å². The van der Waals surface area contributed by atoms with Crippen LogP contribution in [0.2, 0.25) is 0 Å². The van der Waals surface area contributed by atoms with Gasteiger partial charge in [0.15, 0.2) is 0 Å². The molecule has 0 radical (unpaired) electrons. The number of hydrogen-bond donors (Lipinski definition) is 0. The Bertz CT molecular complexity index is 543. The first-order valence-electron chi connectivity index (χ1n) is 5.12.